The number of anilines is 1. The van der Waals surface area contributed by atoms with Gasteiger partial charge in [-0.05, 0) is 44.7 Å². The van der Waals surface area contributed by atoms with Crippen molar-refractivity contribution in [3.05, 3.63) is 28.8 Å². The minimum absolute atomic E-state index is 0.197. The highest BCUT2D eigenvalue weighted by atomic mass is 16.7. The van der Waals surface area contributed by atoms with Gasteiger partial charge in [-0.2, -0.15) is 0 Å². The highest BCUT2D eigenvalue weighted by Gasteiger charge is 2.43. The quantitative estimate of drug-likeness (QED) is 0.824. The molecule has 2 aliphatic rings. The molecule has 1 atom stereocenters. The van der Waals surface area contributed by atoms with E-state index in [4.69, 9.17) is 9.47 Å². The summed E-state index contributed by atoms with van der Waals surface area (Å²) in [4.78, 5) is 24.2. The van der Waals surface area contributed by atoms with Gasteiger partial charge < -0.3 is 20.1 Å². The molecule has 1 saturated carbocycles. The third kappa shape index (κ3) is 4.02. The summed E-state index contributed by atoms with van der Waals surface area (Å²) in [5.41, 5.74) is 3.69. The molecule has 1 spiro atoms. The summed E-state index contributed by atoms with van der Waals surface area (Å²) < 4.78 is 11.7. The molecule has 0 aromatic heterocycles. The number of benzene rings is 1. The number of hydrogen-bond acceptors (Lipinski definition) is 4. The highest BCUT2D eigenvalue weighted by molar-refractivity contribution is 6.39. The molecule has 6 heteroatoms. The summed E-state index contributed by atoms with van der Waals surface area (Å²) in [5, 5.41) is 5.35. The standard InChI is InChI=1S/C19H26N2O4/c1-12-8-13(2)16(14(3)9-12)21-18(23)17(22)20-10-15-11-24-19(25-15)6-4-5-7-19/h8-9,15H,4-7,10-11H2,1-3H3,(H,20,22)(H,21,23). The average molecular weight is 346 g/mol. The van der Waals surface area contributed by atoms with Crippen molar-refractivity contribution in [1.29, 1.82) is 0 Å². The van der Waals surface area contributed by atoms with E-state index in [1.54, 1.807) is 0 Å². The Morgan fingerprint density at radius 2 is 1.76 bits per heavy atom. The summed E-state index contributed by atoms with van der Waals surface area (Å²) in [6.07, 6.45) is 3.83. The Hall–Kier alpha value is -1.92. The van der Waals surface area contributed by atoms with E-state index in [9.17, 15) is 9.59 Å². The molecule has 1 saturated heterocycles. The van der Waals surface area contributed by atoms with E-state index in [0.717, 1.165) is 42.4 Å². The van der Waals surface area contributed by atoms with Crippen molar-refractivity contribution < 1.29 is 19.1 Å². The fourth-order valence-corrected chi connectivity index (χ4v) is 3.73. The first-order valence-electron chi connectivity index (χ1n) is 8.87. The largest absolute Gasteiger partial charge is 0.347 e. The number of amides is 2. The van der Waals surface area contributed by atoms with Crippen LogP contribution in [0.2, 0.25) is 0 Å². The first-order chi connectivity index (χ1) is 11.9. The third-order valence-corrected chi connectivity index (χ3v) is 4.89. The predicted molar refractivity (Wildman–Crippen MR) is 94.3 cm³/mol. The third-order valence-electron chi connectivity index (χ3n) is 4.89. The topological polar surface area (TPSA) is 76.7 Å². The zero-order valence-electron chi connectivity index (χ0n) is 15.1. The minimum Gasteiger partial charge on any atom is -0.347 e. The van der Waals surface area contributed by atoms with Crippen molar-refractivity contribution in [2.75, 3.05) is 18.5 Å². The molecular weight excluding hydrogens is 320 g/mol. The van der Waals surface area contributed by atoms with Crippen LogP contribution in [-0.4, -0.2) is 36.9 Å². The van der Waals surface area contributed by atoms with Crippen LogP contribution >= 0.6 is 0 Å². The Kier molecular flexibility index (Phi) is 5.11. The van der Waals surface area contributed by atoms with Gasteiger partial charge in [-0.1, -0.05) is 17.7 Å². The van der Waals surface area contributed by atoms with Crippen molar-refractivity contribution >= 4 is 17.5 Å². The predicted octanol–water partition coefficient (Wildman–Crippen LogP) is 2.35. The van der Waals surface area contributed by atoms with E-state index in [1.165, 1.54) is 0 Å². The van der Waals surface area contributed by atoms with E-state index in [1.807, 2.05) is 32.9 Å². The average Bonchev–Trinajstić information content (AvgIpc) is 3.18. The molecule has 2 N–H and O–H groups in total. The molecule has 1 aromatic carbocycles. The van der Waals surface area contributed by atoms with Crippen molar-refractivity contribution in [3.63, 3.8) is 0 Å². The summed E-state index contributed by atoms with van der Waals surface area (Å²) in [6, 6.07) is 3.95. The zero-order valence-corrected chi connectivity index (χ0v) is 15.1. The van der Waals surface area contributed by atoms with E-state index < -0.39 is 17.6 Å². The van der Waals surface area contributed by atoms with Gasteiger partial charge in [0.1, 0.15) is 6.10 Å². The molecule has 1 aliphatic carbocycles. The lowest BCUT2D eigenvalue weighted by atomic mass is 10.1. The fourth-order valence-electron chi connectivity index (χ4n) is 3.73. The molecule has 136 valence electrons. The molecule has 1 aromatic rings. The fraction of sp³-hybridized carbons (Fsp3) is 0.579. The molecule has 3 rings (SSSR count). The van der Waals surface area contributed by atoms with Gasteiger partial charge in [0.2, 0.25) is 0 Å². The van der Waals surface area contributed by atoms with E-state index in [2.05, 4.69) is 10.6 Å². The van der Waals surface area contributed by atoms with Crippen LogP contribution in [-0.2, 0) is 19.1 Å². The number of nitrogens with one attached hydrogen (secondary N) is 2. The van der Waals surface area contributed by atoms with Crippen molar-refractivity contribution in [1.82, 2.24) is 5.32 Å². The first kappa shape index (κ1) is 17.9. The molecule has 25 heavy (non-hydrogen) atoms. The first-order valence-corrected chi connectivity index (χ1v) is 8.87. The van der Waals surface area contributed by atoms with Crippen LogP contribution in [0.25, 0.3) is 0 Å². The van der Waals surface area contributed by atoms with Gasteiger partial charge in [-0.25, -0.2) is 0 Å². The van der Waals surface area contributed by atoms with Gasteiger partial charge in [-0.15, -0.1) is 0 Å². The molecule has 1 unspecified atom stereocenters. The maximum Gasteiger partial charge on any atom is 0.313 e. The Morgan fingerprint density at radius 3 is 2.40 bits per heavy atom. The zero-order chi connectivity index (χ0) is 18.0. The lowest BCUT2D eigenvalue weighted by molar-refractivity contribution is -0.161. The van der Waals surface area contributed by atoms with Gasteiger partial charge in [0.15, 0.2) is 5.79 Å². The SMILES string of the molecule is Cc1cc(C)c(NC(=O)C(=O)NCC2COC3(CCCC3)O2)c(C)c1. The number of rotatable bonds is 3. The summed E-state index contributed by atoms with van der Waals surface area (Å²) >= 11 is 0. The molecule has 0 radical (unpaired) electrons. The van der Waals surface area contributed by atoms with Gasteiger partial charge in [0, 0.05) is 25.1 Å². The second kappa shape index (κ2) is 7.14. The Bertz CT molecular complexity index is 657. The van der Waals surface area contributed by atoms with Crippen LogP contribution in [0.15, 0.2) is 12.1 Å². The second-order valence-corrected chi connectivity index (χ2v) is 7.11. The highest BCUT2D eigenvalue weighted by Crippen LogP contribution is 2.38. The smallest absolute Gasteiger partial charge is 0.313 e. The maximum atomic E-state index is 12.2. The minimum atomic E-state index is -0.662. The molecule has 0 bridgehead atoms. The summed E-state index contributed by atoms with van der Waals surface area (Å²) in [6.45, 7) is 6.56. The number of carbonyl (C=O) groups is 2. The van der Waals surface area contributed by atoms with Crippen LogP contribution in [0.3, 0.4) is 0 Å². The number of carbonyl (C=O) groups excluding carboxylic acids is 2. The van der Waals surface area contributed by atoms with Crippen LogP contribution in [0.5, 0.6) is 0 Å². The molecule has 2 amide bonds. The van der Waals surface area contributed by atoms with Crippen LogP contribution in [0, 0.1) is 20.8 Å². The second-order valence-electron chi connectivity index (χ2n) is 7.11. The van der Waals surface area contributed by atoms with E-state index in [-0.39, 0.29) is 12.6 Å². The lowest BCUT2D eigenvalue weighted by Crippen LogP contribution is -2.41. The van der Waals surface area contributed by atoms with E-state index in [0.29, 0.717) is 12.3 Å². The number of hydrogen-bond donors (Lipinski definition) is 2. The molecule has 1 heterocycles. The lowest BCUT2D eigenvalue weighted by Gasteiger charge is -2.21. The van der Waals surface area contributed by atoms with Crippen LogP contribution in [0.1, 0.15) is 42.4 Å². The van der Waals surface area contributed by atoms with Gasteiger partial charge in [0.25, 0.3) is 0 Å². The number of aryl methyl sites for hydroxylation is 3. The van der Waals surface area contributed by atoms with Crippen LogP contribution in [0.4, 0.5) is 5.69 Å². The molecule has 2 fully saturated rings. The molecule has 1 aliphatic heterocycles. The Labute approximate surface area is 148 Å². The monoisotopic (exact) mass is 346 g/mol. The van der Waals surface area contributed by atoms with Crippen molar-refractivity contribution in [3.8, 4) is 0 Å². The number of ether oxygens (including phenoxy) is 2. The van der Waals surface area contributed by atoms with Gasteiger partial charge in [0.05, 0.1) is 6.61 Å². The van der Waals surface area contributed by atoms with Crippen molar-refractivity contribution in [2.24, 2.45) is 0 Å². The van der Waals surface area contributed by atoms with Gasteiger partial charge >= 0.3 is 11.8 Å². The molecular formula is C19H26N2O4. The van der Waals surface area contributed by atoms with Crippen molar-refractivity contribution in [2.45, 2.75) is 58.3 Å². The maximum absolute atomic E-state index is 12.2. The Balaban J connectivity index is 1.51. The summed E-state index contributed by atoms with van der Waals surface area (Å²) in [7, 11) is 0. The summed E-state index contributed by atoms with van der Waals surface area (Å²) in [5.74, 6) is -1.77. The van der Waals surface area contributed by atoms with E-state index >= 15 is 0 Å². The van der Waals surface area contributed by atoms with Crippen LogP contribution < -0.4 is 10.6 Å². The Morgan fingerprint density at radius 1 is 1.12 bits per heavy atom. The van der Waals surface area contributed by atoms with Gasteiger partial charge in [-0.3, -0.25) is 9.59 Å². The normalized spacial score (nSPS) is 21.5. The molecule has 6 nitrogen and oxygen atoms in total.